The van der Waals surface area contributed by atoms with Crippen LogP contribution in [0.5, 0.6) is 86.2 Å². The van der Waals surface area contributed by atoms with Crippen LogP contribution in [0.3, 0.4) is 0 Å². The van der Waals surface area contributed by atoms with Crippen molar-refractivity contribution in [1.82, 2.24) is 0 Å². The van der Waals surface area contributed by atoms with Crippen LogP contribution in [0, 0.1) is 0 Å². The van der Waals surface area contributed by atoms with Gasteiger partial charge < -0.3 is 91.9 Å². The Balaban J connectivity index is 0.000000608. The first-order valence-corrected chi connectivity index (χ1v) is 9.83. The number of aromatic hydroxyl groups is 12. The fraction of sp³-hybridized carbons (Fsp3) is 0. The second-order valence-corrected chi connectivity index (χ2v) is 7.21. The molecule has 0 aliphatic carbocycles. The summed E-state index contributed by atoms with van der Waals surface area (Å²) in [6, 6.07) is 0. The molecule has 0 aliphatic heterocycles. The Morgan fingerprint density at radius 2 is 0.465 bits per heavy atom. The fourth-order valence-corrected chi connectivity index (χ4v) is 2.62. The van der Waals surface area contributed by atoms with Crippen LogP contribution in [-0.2, 0) is 0 Å². The number of phenols is 12. The van der Waals surface area contributed by atoms with Crippen molar-refractivity contribution in [3.8, 4) is 86.2 Å². The van der Waals surface area contributed by atoms with Crippen LogP contribution in [0.2, 0.25) is 0 Å². The van der Waals surface area contributed by atoms with E-state index < -0.39 is 121 Å². The van der Waals surface area contributed by atoms with Crippen molar-refractivity contribution in [2.24, 2.45) is 0 Å². The first kappa shape index (κ1) is 36.6. The Morgan fingerprint density at radius 1 is 0.326 bits per heavy atom. The fourth-order valence-electron chi connectivity index (χ4n) is 2.62. The first-order valence-electron chi connectivity index (χ1n) is 9.83. The summed E-state index contributed by atoms with van der Waals surface area (Å²) in [5, 5.41) is 165. The van der Waals surface area contributed by atoms with Crippen LogP contribution in [0.25, 0.3) is 0 Å². The zero-order chi connectivity index (χ0) is 33.1. The second-order valence-electron chi connectivity index (χ2n) is 7.21. The molecule has 43 heavy (non-hydrogen) atoms. The molecule has 3 rings (SSSR count). The minimum absolute atomic E-state index is 0. The van der Waals surface area contributed by atoms with Crippen molar-refractivity contribution in [3.63, 3.8) is 0 Å². The van der Waals surface area contributed by atoms with Gasteiger partial charge in [0.2, 0.25) is 34.5 Å². The molecule has 0 saturated heterocycles. The summed E-state index contributed by atoms with van der Waals surface area (Å²) in [7, 11) is 0. The summed E-state index contributed by atoms with van der Waals surface area (Å²) in [4.78, 5) is 31.2. The first-order chi connectivity index (χ1) is 19.1. The van der Waals surface area contributed by atoms with Crippen LogP contribution in [0.15, 0.2) is 0 Å². The Bertz CT molecular complexity index is 1340. The average Bonchev–Trinajstić information content (AvgIpc) is 2.91. The van der Waals surface area contributed by atoms with Gasteiger partial charge in [-0.1, -0.05) is 0 Å². The SMILES string of the molecule is O=C(O)c1c([O-])c(O)c(O)c(O)c1O.O=C(O)c1c([O-])c(O)c(O)c(O)c1O.O=C(O)c1c([O-])c(O)c(O)c(O)c1O.[Al+3]. The van der Waals surface area contributed by atoms with Gasteiger partial charge in [0.25, 0.3) is 0 Å². The van der Waals surface area contributed by atoms with E-state index >= 15 is 0 Å². The number of carboxylic acids is 3. The number of benzene rings is 3. The number of carbonyl (C=O) groups is 3. The summed E-state index contributed by atoms with van der Waals surface area (Å²) in [5.41, 5.74) is -3.59. The van der Waals surface area contributed by atoms with Crippen molar-refractivity contribution < 1.29 is 106 Å². The molecule has 0 atom stereocenters. The molecule has 0 radical (unpaired) electrons. The van der Waals surface area contributed by atoms with Crippen molar-refractivity contribution >= 4 is 35.3 Å². The zero-order valence-electron chi connectivity index (χ0n) is 20.2. The Kier molecular flexibility index (Phi) is 11.3. The summed E-state index contributed by atoms with van der Waals surface area (Å²) in [6.07, 6.45) is 0. The van der Waals surface area contributed by atoms with Gasteiger partial charge in [-0.3, -0.25) is 0 Å². The van der Waals surface area contributed by atoms with Gasteiger partial charge in [0, 0.05) is 0 Å². The number of phenolic OH excluding ortho intramolecular Hbond substituents is 9. The van der Waals surface area contributed by atoms with Gasteiger partial charge in [-0.15, -0.1) is 0 Å². The van der Waals surface area contributed by atoms with E-state index in [0.717, 1.165) is 0 Å². The topological polar surface area (TPSA) is 424 Å². The number of carboxylic acid groups (broad SMARTS) is 3. The van der Waals surface area contributed by atoms with E-state index in [2.05, 4.69) is 0 Å². The van der Waals surface area contributed by atoms with Gasteiger partial charge in [-0.05, 0) is 17.2 Å². The molecule has 21 nitrogen and oxygen atoms in total. The summed E-state index contributed by atoms with van der Waals surface area (Å²) < 4.78 is 0. The molecule has 15 N–H and O–H groups in total. The molecule has 0 unspecified atom stereocenters. The smallest absolute Gasteiger partial charge is 0.869 e. The third-order valence-corrected chi connectivity index (χ3v) is 4.70. The van der Waals surface area contributed by atoms with E-state index in [-0.39, 0.29) is 17.4 Å². The molecule has 0 amide bonds. The van der Waals surface area contributed by atoms with E-state index in [0.29, 0.717) is 0 Å². The maximum atomic E-state index is 10.9. The van der Waals surface area contributed by atoms with Gasteiger partial charge in [0.05, 0.1) is 0 Å². The molecule has 0 bridgehead atoms. The molecule has 0 aromatic heterocycles. The van der Waals surface area contributed by atoms with E-state index in [1.54, 1.807) is 0 Å². The third kappa shape index (κ3) is 6.68. The number of hydrogen-bond acceptors (Lipinski definition) is 18. The van der Waals surface area contributed by atoms with Gasteiger partial charge in [-0.2, -0.15) is 0 Å². The molecule has 0 spiro atoms. The molecular formula is C21H15AlO21. The van der Waals surface area contributed by atoms with Crippen molar-refractivity contribution in [2.75, 3.05) is 0 Å². The van der Waals surface area contributed by atoms with E-state index in [1.807, 2.05) is 0 Å². The second kappa shape index (κ2) is 13.3. The Hall–Kier alpha value is -6.40. The average molecular weight is 630 g/mol. The van der Waals surface area contributed by atoms with E-state index in [9.17, 15) is 29.7 Å². The molecule has 228 valence electrons. The van der Waals surface area contributed by atoms with Crippen molar-refractivity contribution in [2.45, 2.75) is 0 Å². The third-order valence-electron chi connectivity index (χ3n) is 4.70. The maximum absolute atomic E-state index is 10.9. The largest absolute Gasteiger partial charge is 3.00 e. The minimum atomic E-state index is -1.82. The summed E-state index contributed by atoms with van der Waals surface area (Å²) >= 11 is 0. The van der Waals surface area contributed by atoms with Gasteiger partial charge >= 0.3 is 35.3 Å². The number of rotatable bonds is 3. The van der Waals surface area contributed by atoms with Crippen molar-refractivity contribution in [3.05, 3.63) is 16.7 Å². The van der Waals surface area contributed by atoms with Gasteiger partial charge in [0.1, 0.15) is 16.7 Å². The molecule has 0 fully saturated rings. The molecular weight excluding hydrogens is 615 g/mol. The Labute approximate surface area is 244 Å². The molecule has 3 aromatic rings. The number of aromatic carboxylic acids is 3. The molecule has 0 saturated carbocycles. The molecule has 0 heterocycles. The van der Waals surface area contributed by atoms with E-state index in [1.165, 1.54) is 0 Å². The predicted molar refractivity (Wildman–Crippen MR) is 124 cm³/mol. The quantitative estimate of drug-likeness (QED) is 0.0804. The predicted octanol–water partition coefficient (Wildman–Crippen LogP) is -2.54. The van der Waals surface area contributed by atoms with Gasteiger partial charge in [-0.25, -0.2) is 14.4 Å². The molecule has 22 heteroatoms. The number of hydrogen-bond donors (Lipinski definition) is 15. The van der Waals surface area contributed by atoms with Crippen LogP contribution in [0.4, 0.5) is 0 Å². The van der Waals surface area contributed by atoms with Crippen LogP contribution in [0.1, 0.15) is 31.1 Å². The maximum Gasteiger partial charge on any atom is 3.00 e. The molecule has 3 aromatic carbocycles. The monoisotopic (exact) mass is 630 g/mol. The zero-order valence-corrected chi connectivity index (χ0v) is 21.4. The van der Waals surface area contributed by atoms with Crippen LogP contribution in [-0.4, -0.2) is 112 Å². The minimum Gasteiger partial charge on any atom is -0.869 e. The normalized spacial score (nSPS) is 9.77. The summed E-state index contributed by atoms with van der Waals surface area (Å²) in [5.74, 6) is -25.2. The standard InChI is InChI=1S/3C7H6O7.Al/c3*8-2-1(7(13)14)3(9)5(11)6(12)4(2)10;/h3*8-12H,(H,13,14);/q;;;+3/p-3. The Morgan fingerprint density at radius 3 is 0.605 bits per heavy atom. The van der Waals surface area contributed by atoms with Crippen molar-refractivity contribution in [1.29, 1.82) is 0 Å². The van der Waals surface area contributed by atoms with Crippen LogP contribution >= 0.6 is 0 Å². The molecule has 0 aliphatic rings. The van der Waals surface area contributed by atoms with E-state index in [4.69, 9.17) is 76.6 Å². The van der Waals surface area contributed by atoms with Gasteiger partial charge in [0.15, 0.2) is 34.5 Å². The summed E-state index contributed by atoms with van der Waals surface area (Å²) in [6.45, 7) is 0. The van der Waals surface area contributed by atoms with Crippen LogP contribution < -0.4 is 15.3 Å².